The predicted octanol–water partition coefficient (Wildman–Crippen LogP) is 5.58. The predicted molar refractivity (Wildman–Crippen MR) is 170 cm³/mol. The number of likely N-dealkylation sites (tertiary alicyclic amines) is 1. The number of benzene rings is 2. The molecule has 1 saturated heterocycles. The van der Waals surface area contributed by atoms with Gasteiger partial charge in [0.2, 0.25) is 5.91 Å². The third-order valence-electron chi connectivity index (χ3n) is 8.14. The van der Waals surface area contributed by atoms with Crippen molar-refractivity contribution >= 4 is 46.3 Å². The number of β-amino-alcohol motifs (C(OH)–C–C–N with tert-alkyl or cyclic N) is 1. The molecule has 2 aliphatic rings. The average molecular weight is 642 g/mol. The number of anilines is 2. The minimum absolute atomic E-state index is 0.00286. The lowest BCUT2D eigenvalue weighted by atomic mass is 9.80. The summed E-state index contributed by atoms with van der Waals surface area (Å²) in [6.07, 6.45) is 6.19. The number of nitrogens with zero attached hydrogens (tertiary/aromatic N) is 2. The Balaban J connectivity index is 1.43. The summed E-state index contributed by atoms with van der Waals surface area (Å²) in [4.78, 5) is 32.2. The molecule has 12 heteroatoms. The van der Waals surface area contributed by atoms with Gasteiger partial charge in [-0.3, -0.25) is 9.78 Å². The third-order valence-corrected chi connectivity index (χ3v) is 9.79. The van der Waals surface area contributed by atoms with Crippen LogP contribution in [0.4, 0.5) is 20.6 Å². The molecule has 4 N–H and O–H groups in total. The van der Waals surface area contributed by atoms with Gasteiger partial charge in [-0.05, 0) is 86.2 Å². The van der Waals surface area contributed by atoms with Crippen molar-refractivity contribution in [2.24, 2.45) is 5.92 Å². The Hall–Kier alpha value is -3.22. The fraction of sp³-hybridized carbons (Fsp3) is 0.406. The Labute approximate surface area is 264 Å². The number of carbonyl (C=O) groups is 2. The lowest BCUT2D eigenvalue weighted by Crippen LogP contribution is -2.49. The van der Waals surface area contributed by atoms with E-state index in [2.05, 4.69) is 20.3 Å². The molecule has 0 radical (unpaired) electrons. The maximum absolute atomic E-state index is 15.3. The first-order valence-electron chi connectivity index (χ1n) is 14.8. The Bertz CT molecular complexity index is 1460. The number of pyridine rings is 1. The first-order valence-corrected chi connectivity index (χ1v) is 16.4. The fourth-order valence-corrected chi connectivity index (χ4v) is 6.52. The zero-order valence-electron chi connectivity index (χ0n) is 24.6. The first kappa shape index (κ1) is 32.2. The van der Waals surface area contributed by atoms with Crippen molar-refractivity contribution < 1.29 is 23.6 Å². The van der Waals surface area contributed by atoms with Crippen LogP contribution in [-0.2, 0) is 21.7 Å². The minimum atomic E-state index is -1.44. The van der Waals surface area contributed by atoms with E-state index in [0.717, 1.165) is 24.8 Å². The number of nitrogens with one attached hydrogen (secondary N) is 3. The molecule has 2 aromatic carbocycles. The molecule has 234 valence electrons. The number of aliphatic hydroxyl groups excluding tert-OH is 1. The van der Waals surface area contributed by atoms with Gasteiger partial charge in [-0.2, -0.15) is 0 Å². The van der Waals surface area contributed by atoms with E-state index in [1.54, 1.807) is 48.8 Å². The van der Waals surface area contributed by atoms with Crippen LogP contribution in [0.25, 0.3) is 0 Å². The first-order chi connectivity index (χ1) is 21.1. The van der Waals surface area contributed by atoms with E-state index in [-0.39, 0.29) is 23.9 Å². The Kier molecular flexibility index (Phi) is 10.1. The molecule has 1 aliphatic heterocycles. The van der Waals surface area contributed by atoms with Crippen LogP contribution in [0.1, 0.15) is 57.1 Å². The van der Waals surface area contributed by atoms with Crippen LogP contribution in [-0.4, -0.2) is 55.4 Å². The number of hydrogen-bond donors (Lipinski definition) is 4. The highest BCUT2D eigenvalue weighted by Gasteiger charge is 2.42. The standard InChI is InChI=1S/C32H37ClFN5O4S/c1-20(2)44(43)38-32(14-13-21-5-6-21,23-4-3-15-35-18-23)22-7-12-27(34)28(16-22)37-30(41)29-17-26(40)19-39(29)31(42)36-25-10-8-24(33)9-11-25/h3-4,7-12,15-16,18,20-21,26,29,38,40H,5-6,13-14,17,19H2,1-2H3,(H,36,42)(H,37,41)/t26-,29-,32?,44+/m1/s1. The molecule has 1 saturated carbocycles. The molecule has 9 nitrogen and oxygen atoms in total. The highest BCUT2D eigenvalue weighted by atomic mass is 35.5. The van der Waals surface area contributed by atoms with Crippen molar-refractivity contribution in [3.63, 3.8) is 0 Å². The maximum atomic E-state index is 15.3. The SMILES string of the molecule is CC(C)[S@+]([O-])NC(CCC1CC1)(c1cccnc1)c1ccc(F)c(NC(=O)[C@H]2C[C@@H](O)CN2C(=O)Nc2ccc(Cl)cc2)c1. The quantitative estimate of drug-likeness (QED) is 0.203. The van der Waals surface area contributed by atoms with E-state index < -0.39 is 46.8 Å². The van der Waals surface area contributed by atoms with Crippen LogP contribution in [0.2, 0.25) is 5.02 Å². The molecule has 1 aliphatic carbocycles. The van der Waals surface area contributed by atoms with Crippen LogP contribution in [0.3, 0.4) is 0 Å². The number of carbonyl (C=O) groups excluding carboxylic acids is 2. The van der Waals surface area contributed by atoms with Crippen molar-refractivity contribution in [1.82, 2.24) is 14.6 Å². The largest absolute Gasteiger partial charge is 0.598 e. The number of aliphatic hydroxyl groups is 1. The third kappa shape index (κ3) is 7.52. The van der Waals surface area contributed by atoms with Gasteiger partial charge < -0.3 is 25.2 Å². The maximum Gasteiger partial charge on any atom is 0.322 e. The summed E-state index contributed by atoms with van der Waals surface area (Å²) in [5.74, 6) is -0.726. The van der Waals surface area contributed by atoms with Crippen LogP contribution in [0.5, 0.6) is 0 Å². The number of urea groups is 1. The summed E-state index contributed by atoms with van der Waals surface area (Å²) in [6, 6.07) is 13.1. The van der Waals surface area contributed by atoms with Gasteiger partial charge >= 0.3 is 6.03 Å². The van der Waals surface area contributed by atoms with Gasteiger partial charge in [0.1, 0.15) is 22.6 Å². The van der Waals surface area contributed by atoms with E-state index in [1.165, 1.54) is 11.0 Å². The molecule has 1 unspecified atom stereocenters. The number of amides is 3. The van der Waals surface area contributed by atoms with Crippen molar-refractivity contribution in [3.05, 3.63) is 89.0 Å². The van der Waals surface area contributed by atoms with Crippen molar-refractivity contribution in [3.8, 4) is 0 Å². The zero-order valence-corrected chi connectivity index (χ0v) is 26.2. The molecule has 3 aromatic rings. The summed E-state index contributed by atoms with van der Waals surface area (Å²) in [7, 11) is 0. The van der Waals surface area contributed by atoms with E-state index >= 15 is 4.39 Å². The van der Waals surface area contributed by atoms with Crippen LogP contribution in [0, 0.1) is 11.7 Å². The lowest BCUT2D eigenvalue weighted by Gasteiger charge is -2.36. The summed E-state index contributed by atoms with van der Waals surface area (Å²) in [5.41, 5.74) is 0.836. The molecule has 5 rings (SSSR count). The summed E-state index contributed by atoms with van der Waals surface area (Å²) < 4.78 is 32.0. The second-order valence-corrected chi connectivity index (χ2v) is 13.9. The number of aromatic nitrogens is 1. The molecular formula is C32H37ClFN5O4S. The van der Waals surface area contributed by atoms with E-state index in [0.29, 0.717) is 28.6 Å². The second kappa shape index (κ2) is 13.8. The Morgan fingerprint density at radius 1 is 1.16 bits per heavy atom. The Morgan fingerprint density at radius 2 is 1.91 bits per heavy atom. The summed E-state index contributed by atoms with van der Waals surface area (Å²) >= 11 is 4.49. The fourth-order valence-electron chi connectivity index (χ4n) is 5.47. The molecule has 0 bridgehead atoms. The van der Waals surface area contributed by atoms with Gasteiger partial charge in [-0.25, -0.2) is 9.18 Å². The Morgan fingerprint density at radius 3 is 2.57 bits per heavy atom. The minimum Gasteiger partial charge on any atom is -0.598 e. The van der Waals surface area contributed by atoms with Crippen LogP contribution >= 0.6 is 11.6 Å². The number of hydrogen-bond acceptors (Lipinski definition) is 6. The molecule has 2 fully saturated rings. The van der Waals surface area contributed by atoms with Gasteiger partial charge in [0.05, 0.1) is 11.8 Å². The van der Waals surface area contributed by atoms with Gasteiger partial charge in [0.15, 0.2) is 0 Å². The molecule has 0 spiro atoms. The molecule has 1 aromatic heterocycles. The summed E-state index contributed by atoms with van der Waals surface area (Å²) in [5, 5.41) is 16.1. The van der Waals surface area contributed by atoms with Gasteiger partial charge in [-0.1, -0.05) is 36.6 Å². The topological polar surface area (TPSA) is 130 Å². The molecule has 4 atom stereocenters. The average Bonchev–Trinajstić information content (AvgIpc) is 3.76. The zero-order chi connectivity index (χ0) is 31.4. The number of rotatable bonds is 11. The van der Waals surface area contributed by atoms with Gasteiger partial charge in [0, 0.05) is 47.4 Å². The smallest absolute Gasteiger partial charge is 0.322 e. The molecule has 2 heterocycles. The van der Waals surface area contributed by atoms with Crippen LogP contribution < -0.4 is 15.4 Å². The van der Waals surface area contributed by atoms with Crippen LogP contribution in [0.15, 0.2) is 67.0 Å². The van der Waals surface area contributed by atoms with Gasteiger partial charge in [-0.15, -0.1) is 4.72 Å². The normalized spacial score (nSPS) is 20.3. The van der Waals surface area contributed by atoms with E-state index in [4.69, 9.17) is 11.6 Å². The molecular weight excluding hydrogens is 605 g/mol. The number of halogens is 2. The van der Waals surface area contributed by atoms with Gasteiger partial charge in [0.25, 0.3) is 0 Å². The van der Waals surface area contributed by atoms with Crippen molar-refractivity contribution in [2.75, 3.05) is 17.2 Å². The molecule has 3 amide bonds. The monoisotopic (exact) mass is 641 g/mol. The van der Waals surface area contributed by atoms with E-state index in [9.17, 15) is 19.2 Å². The van der Waals surface area contributed by atoms with E-state index in [1.807, 2.05) is 26.0 Å². The second-order valence-electron chi connectivity index (χ2n) is 11.8. The lowest BCUT2D eigenvalue weighted by molar-refractivity contribution is -0.119. The highest BCUT2D eigenvalue weighted by Crippen LogP contribution is 2.42. The van der Waals surface area contributed by atoms with Crippen molar-refractivity contribution in [1.29, 1.82) is 0 Å². The molecule has 44 heavy (non-hydrogen) atoms. The summed E-state index contributed by atoms with van der Waals surface area (Å²) in [6.45, 7) is 3.66. The highest BCUT2D eigenvalue weighted by molar-refractivity contribution is 7.90. The van der Waals surface area contributed by atoms with Crippen molar-refractivity contribution in [2.45, 2.75) is 68.9 Å².